The Morgan fingerprint density at radius 1 is 1.50 bits per heavy atom. The fourth-order valence-corrected chi connectivity index (χ4v) is 1.86. The van der Waals surface area contributed by atoms with E-state index in [4.69, 9.17) is 23.2 Å². The van der Waals surface area contributed by atoms with Crippen LogP contribution in [-0.4, -0.2) is 18.5 Å². The summed E-state index contributed by atoms with van der Waals surface area (Å²) in [5.41, 5.74) is 0.334. The van der Waals surface area contributed by atoms with Crippen molar-refractivity contribution in [2.24, 2.45) is 0 Å². The van der Waals surface area contributed by atoms with Gasteiger partial charge in [0.2, 0.25) is 5.91 Å². The Morgan fingerprint density at radius 2 is 2.06 bits per heavy atom. The number of nitrogens with one attached hydrogen (secondary N) is 2. The van der Waals surface area contributed by atoms with E-state index in [1.54, 1.807) is 13.0 Å². The predicted molar refractivity (Wildman–Crippen MR) is 72.7 cm³/mol. The van der Waals surface area contributed by atoms with Crippen LogP contribution >= 0.6 is 23.2 Å². The third-order valence-electron chi connectivity index (χ3n) is 2.18. The summed E-state index contributed by atoms with van der Waals surface area (Å²) in [6, 6.07) is 1.71. The van der Waals surface area contributed by atoms with Crippen molar-refractivity contribution in [3.63, 3.8) is 0 Å². The summed E-state index contributed by atoms with van der Waals surface area (Å²) in [4.78, 5) is 11.6. The fourth-order valence-electron chi connectivity index (χ4n) is 1.29. The van der Waals surface area contributed by atoms with E-state index in [0.29, 0.717) is 12.2 Å². The molecule has 0 radical (unpaired) electrons. The Balaban J connectivity index is 2.78. The molecule has 1 rings (SSSR count). The van der Waals surface area contributed by atoms with E-state index in [1.807, 2.05) is 0 Å². The van der Waals surface area contributed by atoms with Gasteiger partial charge >= 0.3 is 0 Å². The van der Waals surface area contributed by atoms with E-state index < -0.39 is 11.9 Å². The van der Waals surface area contributed by atoms with Crippen molar-refractivity contribution in [1.82, 2.24) is 5.32 Å². The quantitative estimate of drug-likeness (QED) is 0.818. The molecule has 0 aromatic heterocycles. The molecule has 1 amide bonds. The Morgan fingerprint density at radius 3 is 2.56 bits per heavy atom. The zero-order valence-electron chi connectivity index (χ0n) is 9.77. The molecule has 3 nitrogen and oxygen atoms in total. The van der Waals surface area contributed by atoms with Crippen molar-refractivity contribution in [3.05, 3.63) is 40.7 Å². The van der Waals surface area contributed by atoms with Gasteiger partial charge in [0.05, 0.1) is 15.7 Å². The minimum absolute atomic E-state index is 0.128. The van der Waals surface area contributed by atoms with Crippen molar-refractivity contribution in [2.75, 3.05) is 11.9 Å². The second-order valence-corrected chi connectivity index (χ2v) is 4.46. The van der Waals surface area contributed by atoms with E-state index in [2.05, 4.69) is 17.2 Å². The third-order valence-corrected chi connectivity index (χ3v) is 2.78. The molecule has 1 aromatic rings. The lowest BCUT2D eigenvalue weighted by molar-refractivity contribution is -0.121. The van der Waals surface area contributed by atoms with Crippen molar-refractivity contribution in [2.45, 2.75) is 13.0 Å². The van der Waals surface area contributed by atoms with Gasteiger partial charge in [-0.3, -0.25) is 4.79 Å². The van der Waals surface area contributed by atoms with Crippen LogP contribution in [-0.2, 0) is 4.79 Å². The molecule has 0 aliphatic carbocycles. The Labute approximate surface area is 115 Å². The number of benzene rings is 1. The molecule has 0 spiro atoms. The number of carbonyl (C=O) groups excluding carboxylic acids is 1. The summed E-state index contributed by atoms with van der Waals surface area (Å²) in [5.74, 6) is -0.759. The molecule has 6 heteroatoms. The zero-order valence-corrected chi connectivity index (χ0v) is 11.3. The predicted octanol–water partition coefficient (Wildman–Crippen LogP) is 3.24. The molecule has 0 saturated carbocycles. The molecule has 1 aromatic carbocycles. The highest BCUT2D eigenvalue weighted by molar-refractivity contribution is 6.39. The maximum Gasteiger partial charge on any atom is 0.242 e. The van der Waals surface area contributed by atoms with Gasteiger partial charge in [-0.1, -0.05) is 29.3 Å². The lowest BCUT2D eigenvalue weighted by atomic mass is 10.2. The smallest absolute Gasteiger partial charge is 0.242 e. The van der Waals surface area contributed by atoms with E-state index >= 15 is 0 Å². The largest absolute Gasteiger partial charge is 0.371 e. The first kappa shape index (κ1) is 14.8. The SMILES string of the molecule is C=CCNC(=O)C(C)Nc1c(Cl)cc(F)cc1Cl. The molecule has 18 heavy (non-hydrogen) atoms. The molecular formula is C12H13Cl2FN2O. The summed E-state index contributed by atoms with van der Waals surface area (Å²) >= 11 is 11.7. The summed E-state index contributed by atoms with van der Waals surface area (Å²) in [7, 11) is 0. The molecule has 0 saturated heterocycles. The second-order valence-electron chi connectivity index (χ2n) is 3.64. The van der Waals surface area contributed by atoms with Gasteiger partial charge in [-0.05, 0) is 19.1 Å². The molecule has 0 aliphatic heterocycles. The normalized spacial score (nSPS) is 11.8. The van der Waals surface area contributed by atoms with Gasteiger partial charge in [-0.2, -0.15) is 0 Å². The van der Waals surface area contributed by atoms with Gasteiger partial charge in [-0.25, -0.2) is 4.39 Å². The van der Waals surface area contributed by atoms with Crippen LogP contribution in [0, 0.1) is 5.82 Å². The van der Waals surface area contributed by atoms with Gasteiger partial charge in [0.15, 0.2) is 0 Å². The average Bonchev–Trinajstić information content (AvgIpc) is 2.30. The van der Waals surface area contributed by atoms with Crippen LogP contribution in [0.15, 0.2) is 24.8 Å². The molecule has 2 N–H and O–H groups in total. The lowest BCUT2D eigenvalue weighted by Crippen LogP contribution is -2.37. The van der Waals surface area contributed by atoms with Crippen LogP contribution in [0.1, 0.15) is 6.92 Å². The van der Waals surface area contributed by atoms with Crippen molar-refractivity contribution >= 4 is 34.8 Å². The molecule has 0 heterocycles. The minimum Gasteiger partial charge on any atom is -0.371 e. The maximum atomic E-state index is 13.0. The van der Waals surface area contributed by atoms with Crippen LogP contribution in [0.3, 0.4) is 0 Å². The van der Waals surface area contributed by atoms with Crippen molar-refractivity contribution in [3.8, 4) is 0 Å². The van der Waals surface area contributed by atoms with E-state index in [1.165, 1.54) is 0 Å². The number of hydrogen-bond acceptors (Lipinski definition) is 2. The van der Waals surface area contributed by atoms with Crippen LogP contribution in [0.5, 0.6) is 0 Å². The van der Waals surface area contributed by atoms with E-state index in [0.717, 1.165) is 12.1 Å². The maximum absolute atomic E-state index is 13.0. The first-order valence-electron chi connectivity index (χ1n) is 5.25. The van der Waals surface area contributed by atoms with Gasteiger partial charge in [0, 0.05) is 6.54 Å². The van der Waals surface area contributed by atoms with Gasteiger partial charge < -0.3 is 10.6 Å². The molecule has 0 fully saturated rings. The second kappa shape index (κ2) is 6.61. The van der Waals surface area contributed by atoms with Gasteiger partial charge in [0.25, 0.3) is 0 Å². The standard InChI is InChI=1S/C12H13Cl2FN2O/c1-3-4-16-12(18)7(2)17-11-9(13)5-8(15)6-10(11)14/h3,5-7,17H,1,4H2,2H3,(H,16,18). The first-order chi connectivity index (χ1) is 8.45. The van der Waals surface area contributed by atoms with Crippen molar-refractivity contribution < 1.29 is 9.18 Å². The van der Waals surface area contributed by atoms with Gasteiger partial charge in [0.1, 0.15) is 11.9 Å². The molecule has 0 aliphatic rings. The van der Waals surface area contributed by atoms with Crippen LogP contribution < -0.4 is 10.6 Å². The summed E-state index contributed by atoms with van der Waals surface area (Å²) in [5, 5.41) is 5.72. The fraction of sp³-hybridized carbons (Fsp3) is 0.250. The van der Waals surface area contributed by atoms with Crippen LogP contribution in [0.25, 0.3) is 0 Å². The molecule has 1 atom stereocenters. The summed E-state index contributed by atoms with van der Waals surface area (Å²) < 4.78 is 13.0. The number of hydrogen-bond donors (Lipinski definition) is 2. The highest BCUT2D eigenvalue weighted by atomic mass is 35.5. The Bertz CT molecular complexity index is 442. The summed E-state index contributed by atoms with van der Waals surface area (Å²) in [6.45, 7) is 5.51. The summed E-state index contributed by atoms with van der Waals surface area (Å²) in [6.07, 6.45) is 1.57. The highest BCUT2D eigenvalue weighted by Crippen LogP contribution is 2.31. The highest BCUT2D eigenvalue weighted by Gasteiger charge is 2.16. The van der Waals surface area contributed by atoms with Gasteiger partial charge in [-0.15, -0.1) is 6.58 Å². The van der Waals surface area contributed by atoms with Crippen LogP contribution in [0.2, 0.25) is 10.0 Å². The van der Waals surface area contributed by atoms with E-state index in [9.17, 15) is 9.18 Å². The minimum atomic E-state index is -0.551. The number of amides is 1. The number of halogens is 3. The first-order valence-corrected chi connectivity index (χ1v) is 6.01. The zero-order chi connectivity index (χ0) is 13.7. The lowest BCUT2D eigenvalue weighted by Gasteiger charge is -2.16. The van der Waals surface area contributed by atoms with Crippen molar-refractivity contribution in [1.29, 1.82) is 0 Å². The Hall–Kier alpha value is -1.26. The molecule has 1 unspecified atom stereocenters. The molecule has 0 bridgehead atoms. The van der Waals surface area contributed by atoms with Crippen LogP contribution in [0.4, 0.5) is 10.1 Å². The average molecular weight is 291 g/mol. The third kappa shape index (κ3) is 3.89. The number of rotatable bonds is 5. The molecule has 98 valence electrons. The number of anilines is 1. The molecular weight excluding hydrogens is 278 g/mol. The Kier molecular flexibility index (Phi) is 5.44. The monoisotopic (exact) mass is 290 g/mol. The topological polar surface area (TPSA) is 41.1 Å². The van der Waals surface area contributed by atoms with E-state index in [-0.39, 0.29) is 16.0 Å². The number of carbonyl (C=O) groups is 1.